The van der Waals surface area contributed by atoms with Gasteiger partial charge in [-0.15, -0.1) is 4.91 Å². The Bertz CT molecular complexity index is 411. The maximum absolute atomic E-state index is 10.4. The van der Waals surface area contributed by atoms with Gasteiger partial charge in [0.25, 0.3) is 0 Å². The van der Waals surface area contributed by atoms with Gasteiger partial charge >= 0.3 is 0 Å². The van der Waals surface area contributed by atoms with E-state index in [1.807, 2.05) is 12.1 Å². The molecule has 0 spiro atoms. The fourth-order valence-electron chi connectivity index (χ4n) is 1.78. The zero-order valence-electron chi connectivity index (χ0n) is 11.6. The third-order valence-corrected chi connectivity index (χ3v) is 2.86. The van der Waals surface area contributed by atoms with Crippen molar-refractivity contribution < 1.29 is 0 Å². The van der Waals surface area contributed by atoms with E-state index in [0.29, 0.717) is 0 Å². The Morgan fingerprint density at radius 2 is 1.59 bits per heavy atom. The third-order valence-electron chi connectivity index (χ3n) is 2.86. The molecule has 0 aromatic heterocycles. The van der Waals surface area contributed by atoms with Crippen LogP contribution in [0.4, 0.5) is 5.69 Å². The fraction of sp³-hybridized carbons (Fsp3) is 0.571. The molecule has 17 heavy (non-hydrogen) atoms. The number of benzene rings is 1. The topological polar surface area (TPSA) is 41.5 Å². The molecule has 0 amide bonds. The number of nitroso groups, excluding NO2 is 1. The van der Waals surface area contributed by atoms with Crippen LogP contribution in [0.15, 0.2) is 23.5 Å². The minimum atomic E-state index is -0.0196. The summed E-state index contributed by atoms with van der Waals surface area (Å²) in [7, 11) is 0. The van der Waals surface area contributed by atoms with Gasteiger partial charge in [-0.25, -0.2) is 5.43 Å². The minimum absolute atomic E-state index is 0.0196. The molecule has 1 rings (SSSR count). The van der Waals surface area contributed by atoms with Crippen molar-refractivity contribution in [3.05, 3.63) is 34.2 Å². The molecule has 1 aromatic rings. The van der Waals surface area contributed by atoms with E-state index < -0.39 is 0 Å². The molecule has 3 nitrogen and oxygen atoms in total. The number of rotatable bonds is 2. The molecule has 3 heteroatoms. The highest BCUT2D eigenvalue weighted by Gasteiger charge is 2.22. The molecule has 0 saturated heterocycles. The Labute approximate surface area is 104 Å². The van der Waals surface area contributed by atoms with Crippen LogP contribution in [0.25, 0.3) is 0 Å². The second-order valence-corrected chi connectivity index (χ2v) is 6.46. The van der Waals surface area contributed by atoms with Gasteiger partial charge in [0.2, 0.25) is 0 Å². The van der Waals surface area contributed by atoms with Gasteiger partial charge in [0.05, 0.1) is 11.0 Å². The van der Waals surface area contributed by atoms with E-state index in [2.05, 4.69) is 58.3 Å². The van der Waals surface area contributed by atoms with Crippen LogP contribution in [0.2, 0.25) is 0 Å². The predicted molar refractivity (Wildman–Crippen MR) is 73.3 cm³/mol. The van der Waals surface area contributed by atoms with Crippen LogP contribution in [-0.4, -0.2) is 0 Å². The summed E-state index contributed by atoms with van der Waals surface area (Å²) >= 11 is 0. The van der Waals surface area contributed by atoms with Gasteiger partial charge in [0.15, 0.2) is 0 Å². The average Bonchev–Trinajstić information content (AvgIpc) is 2.15. The molecule has 0 aliphatic heterocycles. The predicted octanol–water partition coefficient (Wildman–Crippen LogP) is 4.37. The molecule has 0 unspecified atom stereocenters. The molecule has 0 atom stereocenters. The molecule has 0 radical (unpaired) electrons. The lowest BCUT2D eigenvalue weighted by Gasteiger charge is -2.26. The minimum Gasteiger partial charge on any atom is -0.242 e. The van der Waals surface area contributed by atoms with Crippen molar-refractivity contribution in [2.75, 3.05) is 5.43 Å². The van der Waals surface area contributed by atoms with Crippen molar-refractivity contribution >= 4 is 5.69 Å². The zero-order valence-corrected chi connectivity index (χ0v) is 11.6. The molecule has 0 saturated carbocycles. The standard InChI is InChI=1S/C14H22N2O/c1-13(2,3)10-7-8-12(15-16-17)11(9-10)14(4,5)6/h7-9H,1-6H3,(H,15,17). The average molecular weight is 234 g/mol. The van der Waals surface area contributed by atoms with Gasteiger partial charge in [-0.05, 0) is 28.0 Å². The summed E-state index contributed by atoms with van der Waals surface area (Å²) in [6, 6.07) is 6.14. The number of hydrogen-bond acceptors (Lipinski definition) is 2. The number of nitrogens with one attached hydrogen (secondary N) is 1. The van der Waals surface area contributed by atoms with Gasteiger partial charge in [-0.3, -0.25) is 0 Å². The summed E-state index contributed by atoms with van der Waals surface area (Å²) in [5, 5.41) is 2.77. The summed E-state index contributed by atoms with van der Waals surface area (Å²) in [4.78, 5) is 10.4. The third kappa shape index (κ3) is 3.29. The van der Waals surface area contributed by atoms with Crippen LogP contribution < -0.4 is 5.43 Å². The Hall–Kier alpha value is -1.38. The summed E-state index contributed by atoms with van der Waals surface area (Å²) in [6.07, 6.45) is 0. The quantitative estimate of drug-likeness (QED) is 0.609. The Kier molecular flexibility index (Phi) is 3.60. The highest BCUT2D eigenvalue weighted by atomic mass is 16.3. The van der Waals surface area contributed by atoms with Crippen LogP contribution in [0, 0.1) is 4.91 Å². The van der Waals surface area contributed by atoms with Crippen LogP contribution in [0.3, 0.4) is 0 Å². The van der Waals surface area contributed by atoms with E-state index in [-0.39, 0.29) is 10.8 Å². The van der Waals surface area contributed by atoms with Gasteiger partial charge in [-0.2, -0.15) is 0 Å². The molecular weight excluding hydrogens is 212 g/mol. The molecular formula is C14H22N2O. The zero-order chi connectivity index (χ0) is 13.3. The van der Waals surface area contributed by atoms with Crippen molar-refractivity contribution in [1.29, 1.82) is 0 Å². The van der Waals surface area contributed by atoms with E-state index >= 15 is 0 Å². The maximum Gasteiger partial charge on any atom is 0.0631 e. The number of hydrogen-bond donors (Lipinski definition) is 1. The Morgan fingerprint density at radius 1 is 1.00 bits per heavy atom. The Morgan fingerprint density at radius 3 is 2.00 bits per heavy atom. The summed E-state index contributed by atoms with van der Waals surface area (Å²) in [5.74, 6) is 0. The molecule has 0 fully saturated rings. The molecule has 0 aliphatic rings. The van der Waals surface area contributed by atoms with Gasteiger partial charge in [0, 0.05) is 0 Å². The van der Waals surface area contributed by atoms with Crippen LogP contribution in [0.5, 0.6) is 0 Å². The van der Waals surface area contributed by atoms with Gasteiger partial charge in [-0.1, -0.05) is 53.7 Å². The van der Waals surface area contributed by atoms with E-state index in [9.17, 15) is 4.91 Å². The first-order valence-corrected chi connectivity index (χ1v) is 5.89. The van der Waals surface area contributed by atoms with Crippen molar-refractivity contribution in [1.82, 2.24) is 0 Å². The molecule has 0 bridgehead atoms. The molecule has 1 aromatic carbocycles. The maximum atomic E-state index is 10.4. The lowest BCUT2D eigenvalue weighted by atomic mass is 9.80. The lowest BCUT2D eigenvalue weighted by Crippen LogP contribution is -2.17. The van der Waals surface area contributed by atoms with E-state index in [0.717, 1.165) is 11.3 Å². The second kappa shape index (κ2) is 4.47. The lowest BCUT2D eigenvalue weighted by molar-refractivity contribution is 0.569. The Balaban J connectivity index is 3.34. The highest BCUT2D eigenvalue weighted by Crippen LogP contribution is 2.34. The first-order valence-electron chi connectivity index (χ1n) is 5.89. The summed E-state index contributed by atoms with van der Waals surface area (Å²) in [5.41, 5.74) is 5.79. The fourth-order valence-corrected chi connectivity index (χ4v) is 1.78. The molecule has 0 aliphatic carbocycles. The van der Waals surface area contributed by atoms with Crippen LogP contribution in [-0.2, 0) is 10.8 Å². The van der Waals surface area contributed by atoms with E-state index in [1.165, 1.54) is 5.56 Å². The summed E-state index contributed by atoms with van der Waals surface area (Å²) < 4.78 is 0. The van der Waals surface area contributed by atoms with Crippen molar-refractivity contribution in [2.24, 2.45) is 5.29 Å². The van der Waals surface area contributed by atoms with Crippen LogP contribution >= 0.6 is 0 Å². The largest absolute Gasteiger partial charge is 0.242 e. The second-order valence-electron chi connectivity index (χ2n) is 6.46. The van der Waals surface area contributed by atoms with E-state index in [1.54, 1.807) is 0 Å². The highest BCUT2D eigenvalue weighted by molar-refractivity contribution is 5.56. The SMILES string of the molecule is CC(C)(C)c1ccc(NN=O)c(C(C)(C)C)c1. The van der Waals surface area contributed by atoms with Crippen molar-refractivity contribution in [3.63, 3.8) is 0 Å². The number of nitrogens with zero attached hydrogens (tertiary/aromatic N) is 1. The first-order chi connectivity index (χ1) is 7.66. The number of anilines is 1. The molecule has 0 heterocycles. The van der Waals surface area contributed by atoms with Crippen LogP contribution in [0.1, 0.15) is 52.7 Å². The molecule has 94 valence electrons. The van der Waals surface area contributed by atoms with Gasteiger partial charge in [0.1, 0.15) is 0 Å². The normalized spacial score (nSPS) is 12.4. The molecule has 1 N–H and O–H groups in total. The van der Waals surface area contributed by atoms with Crippen molar-refractivity contribution in [2.45, 2.75) is 52.4 Å². The van der Waals surface area contributed by atoms with Crippen molar-refractivity contribution in [3.8, 4) is 0 Å². The van der Waals surface area contributed by atoms with Gasteiger partial charge < -0.3 is 0 Å². The van der Waals surface area contributed by atoms with E-state index in [4.69, 9.17) is 0 Å². The summed E-state index contributed by atoms with van der Waals surface area (Å²) in [6.45, 7) is 12.9. The first kappa shape index (κ1) is 13.7. The smallest absolute Gasteiger partial charge is 0.0631 e. The monoisotopic (exact) mass is 234 g/mol.